The minimum absolute atomic E-state index is 0.332. The van der Waals surface area contributed by atoms with Crippen LogP contribution in [-0.2, 0) is 0 Å². The molecule has 1 aliphatic rings. The Kier molecular flexibility index (Phi) is 5.42. The second-order valence-corrected chi connectivity index (χ2v) is 14.4. The molecule has 178 valence electrons. The summed E-state index contributed by atoms with van der Waals surface area (Å²) in [6.45, 7) is 0. The summed E-state index contributed by atoms with van der Waals surface area (Å²) in [5.41, 5.74) is 3.68. The van der Waals surface area contributed by atoms with E-state index in [-0.39, 0.29) is 0 Å². The Labute approximate surface area is 224 Å². The van der Waals surface area contributed by atoms with Gasteiger partial charge in [0.25, 0.3) is 0 Å². The highest BCUT2D eigenvalue weighted by Gasteiger charge is 2.45. The van der Waals surface area contributed by atoms with Crippen molar-refractivity contribution in [1.82, 2.24) is 4.57 Å². The molecule has 1 aliphatic carbocycles. The van der Waals surface area contributed by atoms with E-state index in [1.165, 1.54) is 43.1 Å². The maximum absolute atomic E-state index is 4.81. The molecule has 6 aromatic rings. The standard InChI is InChI=1S/C34H27NSSi/c36-26-22-30(23-26)37(27-14-6-2-7-15-27,28-16-8-3-9-17-28)29-20-21-34-32(24-29)31-18-10-11-19-33(31)35(34)25-12-4-1-5-13-25/h1-22,24,26,36H,23H2/t26-/m1/s1. The van der Waals surface area contributed by atoms with Gasteiger partial charge in [0.15, 0.2) is 8.07 Å². The van der Waals surface area contributed by atoms with Crippen molar-refractivity contribution in [2.24, 2.45) is 0 Å². The van der Waals surface area contributed by atoms with Gasteiger partial charge in [-0.3, -0.25) is 0 Å². The van der Waals surface area contributed by atoms with Gasteiger partial charge in [0.1, 0.15) is 0 Å². The third-order valence-corrected chi connectivity index (χ3v) is 13.1. The van der Waals surface area contributed by atoms with Crippen LogP contribution in [0.5, 0.6) is 0 Å². The van der Waals surface area contributed by atoms with E-state index in [0.29, 0.717) is 5.25 Å². The molecule has 7 rings (SSSR count). The first-order chi connectivity index (χ1) is 18.3. The lowest BCUT2D eigenvalue weighted by molar-refractivity contribution is 0.955. The summed E-state index contributed by atoms with van der Waals surface area (Å²) >= 11 is 4.81. The minimum atomic E-state index is -2.45. The van der Waals surface area contributed by atoms with Crippen molar-refractivity contribution in [2.45, 2.75) is 11.7 Å². The first-order valence-electron chi connectivity index (χ1n) is 12.9. The first-order valence-corrected chi connectivity index (χ1v) is 15.4. The van der Waals surface area contributed by atoms with Crippen LogP contribution in [0.25, 0.3) is 27.5 Å². The number of aromatic nitrogens is 1. The highest BCUT2D eigenvalue weighted by molar-refractivity contribution is 7.81. The minimum Gasteiger partial charge on any atom is -0.309 e. The molecule has 0 unspecified atom stereocenters. The quantitative estimate of drug-likeness (QED) is 0.155. The average molecular weight is 510 g/mol. The molecule has 0 N–H and O–H groups in total. The van der Waals surface area contributed by atoms with Crippen molar-refractivity contribution < 1.29 is 0 Å². The van der Waals surface area contributed by atoms with Crippen LogP contribution in [0.4, 0.5) is 0 Å². The number of para-hydroxylation sites is 2. The largest absolute Gasteiger partial charge is 0.309 e. The van der Waals surface area contributed by atoms with Gasteiger partial charge in [-0.1, -0.05) is 120 Å². The zero-order chi connectivity index (χ0) is 24.8. The van der Waals surface area contributed by atoms with Crippen LogP contribution in [0, 0.1) is 0 Å². The van der Waals surface area contributed by atoms with Crippen molar-refractivity contribution in [1.29, 1.82) is 0 Å². The summed E-state index contributed by atoms with van der Waals surface area (Å²) in [5, 5.41) is 8.77. The smallest absolute Gasteiger partial charge is 0.175 e. The van der Waals surface area contributed by atoms with Gasteiger partial charge < -0.3 is 4.57 Å². The molecule has 37 heavy (non-hydrogen) atoms. The molecular formula is C34H27NSSi. The van der Waals surface area contributed by atoms with Gasteiger partial charge in [-0.15, -0.1) is 0 Å². The number of hydrogen-bond donors (Lipinski definition) is 1. The Morgan fingerprint density at radius 2 is 1.11 bits per heavy atom. The fraction of sp³-hybridized carbons (Fsp3) is 0.0588. The SMILES string of the molecule is S[C@@H]1C=C([Si](c2ccccc2)(c2ccccc2)c2ccc3c(c2)c2ccccc2n3-c2ccccc2)C1. The molecule has 0 radical (unpaired) electrons. The highest BCUT2D eigenvalue weighted by Crippen LogP contribution is 2.35. The molecular weight excluding hydrogens is 483 g/mol. The molecule has 0 aliphatic heterocycles. The van der Waals surface area contributed by atoms with Gasteiger partial charge in [0, 0.05) is 21.7 Å². The molecule has 5 aromatic carbocycles. The van der Waals surface area contributed by atoms with Crippen LogP contribution in [0.15, 0.2) is 145 Å². The van der Waals surface area contributed by atoms with Crippen molar-refractivity contribution in [2.75, 3.05) is 0 Å². The molecule has 0 fully saturated rings. The summed E-state index contributed by atoms with van der Waals surface area (Å²) in [6, 6.07) is 49.1. The molecule has 1 heterocycles. The van der Waals surface area contributed by atoms with E-state index in [9.17, 15) is 0 Å². The van der Waals surface area contributed by atoms with Gasteiger partial charge in [-0.25, -0.2) is 0 Å². The molecule has 1 nitrogen and oxygen atoms in total. The van der Waals surface area contributed by atoms with Crippen LogP contribution in [0.2, 0.25) is 0 Å². The summed E-state index contributed by atoms with van der Waals surface area (Å²) < 4.78 is 2.40. The maximum Gasteiger partial charge on any atom is 0.175 e. The van der Waals surface area contributed by atoms with Gasteiger partial charge >= 0.3 is 0 Å². The molecule has 3 heteroatoms. The predicted octanol–water partition coefficient (Wildman–Crippen LogP) is 6.42. The Hall–Kier alpha value is -3.79. The maximum atomic E-state index is 4.81. The third-order valence-electron chi connectivity index (χ3n) is 7.84. The van der Waals surface area contributed by atoms with Crippen LogP contribution in [0.1, 0.15) is 6.42 Å². The second-order valence-electron chi connectivity index (χ2n) is 9.87. The van der Waals surface area contributed by atoms with Crippen molar-refractivity contribution in [3.05, 3.63) is 145 Å². The number of thiol groups is 1. The molecule has 1 aromatic heterocycles. The van der Waals surface area contributed by atoms with E-state index in [0.717, 1.165) is 6.42 Å². The van der Waals surface area contributed by atoms with Gasteiger partial charge in [-0.05, 0) is 46.2 Å². The summed E-state index contributed by atoms with van der Waals surface area (Å²) in [4.78, 5) is 0. The second kappa shape index (κ2) is 8.95. The van der Waals surface area contributed by atoms with E-state index in [4.69, 9.17) is 12.6 Å². The lowest BCUT2D eigenvalue weighted by Gasteiger charge is -2.41. The molecule has 0 amide bonds. The van der Waals surface area contributed by atoms with Crippen LogP contribution >= 0.6 is 12.6 Å². The van der Waals surface area contributed by atoms with Gasteiger partial charge in [0.05, 0.1) is 11.0 Å². The lowest BCUT2D eigenvalue weighted by Crippen LogP contribution is -2.70. The zero-order valence-electron chi connectivity index (χ0n) is 20.5. The normalized spacial score (nSPS) is 15.5. The van der Waals surface area contributed by atoms with E-state index < -0.39 is 8.07 Å². The molecule has 0 saturated heterocycles. The number of fused-ring (bicyclic) bond motifs is 3. The molecule has 0 saturated carbocycles. The number of allylic oxidation sites excluding steroid dienone is 1. The lowest BCUT2D eigenvalue weighted by atomic mass is 10.1. The Bertz CT molecular complexity index is 1710. The summed E-state index contributed by atoms with van der Waals surface area (Å²) in [6.07, 6.45) is 3.44. The monoisotopic (exact) mass is 509 g/mol. The third kappa shape index (κ3) is 3.46. The number of rotatable bonds is 5. The van der Waals surface area contributed by atoms with E-state index >= 15 is 0 Å². The highest BCUT2D eigenvalue weighted by atomic mass is 32.1. The Morgan fingerprint density at radius 3 is 1.73 bits per heavy atom. The van der Waals surface area contributed by atoms with Crippen LogP contribution in [-0.4, -0.2) is 17.9 Å². The zero-order valence-corrected chi connectivity index (χ0v) is 22.4. The molecule has 0 bridgehead atoms. The fourth-order valence-corrected chi connectivity index (χ4v) is 12.1. The Balaban J connectivity index is 1.58. The topological polar surface area (TPSA) is 4.93 Å². The van der Waals surface area contributed by atoms with E-state index in [2.05, 4.69) is 144 Å². The van der Waals surface area contributed by atoms with Crippen molar-refractivity contribution >= 4 is 58.1 Å². The first kappa shape index (κ1) is 22.4. The predicted molar refractivity (Wildman–Crippen MR) is 164 cm³/mol. The van der Waals surface area contributed by atoms with Crippen molar-refractivity contribution in [3.63, 3.8) is 0 Å². The van der Waals surface area contributed by atoms with Crippen LogP contribution in [0.3, 0.4) is 0 Å². The van der Waals surface area contributed by atoms with Crippen molar-refractivity contribution in [3.8, 4) is 5.69 Å². The van der Waals surface area contributed by atoms with Gasteiger partial charge in [0.2, 0.25) is 0 Å². The summed E-state index contributed by atoms with van der Waals surface area (Å²) in [7, 11) is -2.45. The fourth-order valence-electron chi connectivity index (χ4n) is 6.20. The van der Waals surface area contributed by atoms with Crippen LogP contribution < -0.4 is 15.6 Å². The Morgan fingerprint density at radius 1 is 0.568 bits per heavy atom. The number of nitrogens with zero attached hydrogens (tertiary/aromatic N) is 1. The number of benzene rings is 5. The average Bonchev–Trinajstić information content (AvgIpc) is 3.28. The van der Waals surface area contributed by atoms with E-state index in [1.807, 2.05) is 0 Å². The van der Waals surface area contributed by atoms with Gasteiger partial charge in [-0.2, -0.15) is 12.6 Å². The number of hydrogen-bond acceptors (Lipinski definition) is 1. The van der Waals surface area contributed by atoms with E-state index in [1.54, 1.807) is 5.20 Å². The molecule has 1 atom stereocenters. The molecule has 0 spiro atoms. The summed E-state index contributed by atoms with van der Waals surface area (Å²) in [5.74, 6) is 0.